The molecule has 2 amide bonds. The minimum Gasteiger partial charge on any atom is -0.350 e. The molecule has 2 atom stereocenters. The number of rotatable bonds is 2. The third kappa shape index (κ3) is 2.08. The van der Waals surface area contributed by atoms with E-state index in [1.807, 2.05) is 81.0 Å². The number of para-hydroxylation sites is 3. The summed E-state index contributed by atoms with van der Waals surface area (Å²) >= 11 is 0. The molecule has 1 aromatic heterocycles. The number of nitrogens with zero attached hydrogens (tertiary/aromatic N) is 3. The van der Waals surface area contributed by atoms with Gasteiger partial charge in [-0.3, -0.25) is 9.59 Å². The van der Waals surface area contributed by atoms with Crippen LogP contribution >= 0.6 is 0 Å². The molecule has 0 saturated heterocycles. The number of aromatic nitrogens is 1. The van der Waals surface area contributed by atoms with Gasteiger partial charge in [-0.15, -0.1) is 0 Å². The zero-order valence-electron chi connectivity index (χ0n) is 18.2. The summed E-state index contributed by atoms with van der Waals surface area (Å²) in [5, 5.41) is 0.994. The SMILES string of the molecule is CN1C(=O)[C@H]([C@@]2(c3cn(C)c4ccccc34)C(=O)N(C)c3ccccc32)c2ccccc21. The molecule has 0 N–H and O–H groups in total. The molecule has 32 heavy (non-hydrogen) atoms. The molecule has 0 spiro atoms. The molecule has 0 aliphatic carbocycles. The molecule has 6 rings (SSSR count). The molecule has 3 heterocycles. The van der Waals surface area contributed by atoms with Gasteiger partial charge in [-0.05, 0) is 34.9 Å². The second kappa shape index (κ2) is 6.33. The number of benzene rings is 3. The molecule has 5 nitrogen and oxygen atoms in total. The Labute approximate surface area is 186 Å². The van der Waals surface area contributed by atoms with Crippen LogP contribution in [0.4, 0.5) is 11.4 Å². The standard InChI is InChI=1S/C27H23N3O2/c1-28-16-20(17-10-4-7-13-21(17)28)27(19-12-6-9-15-23(19)30(3)26(27)32)24-18-11-5-8-14-22(18)29(2)25(24)31/h4-16,24H,1-3H3/t24-,27-/m1/s1. The van der Waals surface area contributed by atoms with Gasteiger partial charge in [0.2, 0.25) is 11.8 Å². The van der Waals surface area contributed by atoms with Crippen LogP contribution in [0.5, 0.6) is 0 Å². The van der Waals surface area contributed by atoms with E-state index < -0.39 is 11.3 Å². The van der Waals surface area contributed by atoms with Crippen LogP contribution < -0.4 is 9.80 Å². The van der Waals surface area contributed by atoms with Gasteiger partial charge in [0.15, 0.2) is 0 Å². The summed E-state index contributed by atoms with van der Waals surface area (Å²) < 4.78 is 2.05. The summed E-state index contributed by atoms with van der Waals surface area (Å²) in [6.45, 7) is 0. The number of amides is 2. The summed E-state index contributed by atoms with van der Waals surface area (Å²) in [4.78, 5) is 31.6. The highest BCUT2D eigenvalue weighted by atomic mass is 16.2. The Bertz CT molecular complexity index is 1440. The van der Waals surface area contributed by atoms with E-state index in [1.165, 1.54) is 0 Å². The fourth-order valence-corrected chi connectivity index (χ4v) is 5.84. The topological polar surface area (TPSA) is 45.6 Å². The molecule has 0 unspecified atom stereocenters. The van der Waals surface area contributed by atoms with E-state index in [9.17, 15) is 9.59 Å². The van der Waals surface area contributed by atoms with E-state index in [2.05, 4.69) is 16.7 Å². The predicted octanol–water partition coefficient (Wildman–Crippen LogP) is 4.20. The van der Waals surface area contributed by atoms with Gasteiger partial charge < -0.3 is 14.4 Å². The molecule has 2 aliphatic heterocycles. The first-order chi connectivity index (χ1) is 15.5. The van der Waals surface area contributed by atoms with Gasteiger partial charge in [-0.1, -0.05) is 54.6 Å². The van der Waals surface area contributed by atoms with Gasteiger partial charge in [-0.25, -0.2) is 0 Å². The second-order valence-corrected chi connectivity index (χ2v) is 8.75. The van der Waals surface area contributed by atoms with E-state index in [0.29, 0.717) is 0 Å². The first-order valence-corrected chi connectivity index (χ1v) is 10.8. The number of hydrogen-bond acceptors (Lipinski definition) is 2. The number of likely N-dealkylation sites (N-methyl/N-ethyl adjacent to an activating group) is 2. The van der Waals surface area contributed by atoms with E-state index >= 15 is 0 Å². The molecule has 3 aromatic carbocycles. The van der Waals surface area contributed by atoms with Crippen LogP contribution in [0.3, 0.4) is 0 Å². The van der Waals surface area contributed by atoms with Crippen LogP contribution in [-0.4, -0.2) is 30.5 Å². The Kier molecular flexibility index (Phi) is 3.73. The fraction of sp³-hybridized carbons (Fsp3) is 0.185. The summed E-state index contributed by atoms with van der Waals surface area (Å²) in [5.41, 5.74) is 4.25. The van der Waals surface area contributed by atoms with Crippen molar-refractivity contribution in [3.8, 4) is 0 Å². The van der Waals surface area contributed by atoms with E-state index in [4.69, 9.17) is 0 Å². The van der Waals surface area contributed by atoms with Crippen LogP contribution in [0.1, 0.15) is 22.6 Å². The maximum absolute atomic E-state index is 14.3. The van der Waals surface area contributed by atoms with Gasteiger partial charge >= 0.3 is 0 Å². The van der Waals surface area contributed by atoms with Crippen LogP contribution in [0.25, 0.3) is 10.9 Å². The minimum absolute atomic E-state index is 0.0578. The lowest BCUT2D eigenvalue weighted by Gasteiger charge is -2.33. The number of anilines is 2. The van der Waals surface area contributed by atoms with Crippen molar-refractivity contribution in [2.45, 2.75) is 11.3 Å². The van der Waals surface area contributed by atoms with E-state index in [0.717, 1.165) is 39.0 Å². The van der Waals surface area contributed by atoms with Crippen molar-refractivity contribution < 1.29 is 9.59 Å². The van der Waals surface area contributed by atoms with E-state index in [-0.39, 0.29) is 11.8 Å². The summed E-state index contributed by atoms with van der Waals surface area (Å²) in [5.74, 6) is -0.774. The van der Waals surface area contributed by atoms with Crippen LogP contribution in [0.15, 0.2) is 79.0 Å². The Morgan fingerprint density at radius 3 is 2.19 bits per heavy atom. The molecule has 0 radical (unpaired) electrons. The number of fused-ring (bicyclic) bond motifs is 3. The Morgan fingerprint density at radius 2 is 1.38 bits per heavy atom. The Morgan fingerprint density at radius 1 is 0.719 bits per heavy atom. The molecule has 0 saturated carbocycles. The van der Waals surface area contributed by atoms with Gasteiger partial charge in [0.05, 0.1) is 5.92 Å². The zero-order chi connectivity index (χ0) is 22.2. The van der Waals surface area contributed by atoms with Crippen molar-refractivity contribution in [2.75, 3.05) is 23.9 Å². The summed E-state index contributed by atoms with van der Waals surface area (Å²) in [6, 6.07) is 23.8. The lowest BCUT2D eigenvalue weighted by molar-refractivity contribution is -0.128. The molecule has 4 aromatic rings. The lowest BCUT2D eigenvalue weighted by atomic mass is 9.64. The average Bonchev–Trinajstić information content (AvgIpc) is 3.37. The number of carbonyl (C=O) groups is 2. The second-order valence-electron chi connectivity index (χ2n) is 8.75. The van der Waals surface area contributed by atoms with Crippen molar-refractivity contribution in [2.24, 2.45) is 7.05 Å². The highest BCUT2D eigenvalue weighted by Gasteiger charge is 2.62. The number of hydrogen-bond donors (Lipinski definition) is 0. The van der Waals surface area contributed by atoms with Gasteiger partial charge in [0.25, 0.3) is 0 Å². The molecular formula is C27H23N3O2. The minimum atomic E-state index is -1.15. The van der Waals surface area contributed by atoms with Crippen LogP contribution in [0, 0.1) is 0 Å². The zero-order valence-corrected chi connectivity index (χ0v) is 18.2. The smallest absolute Gasteiger partial charge is 0.243 e. The maximum atomic E-state index is 14.3. The molecule has 5 heteroatoms. The highest BCUT2D eigenvalue weighted by Crippen LogP contribution is 2.58. The van der Waals surface area contributed by atoms with Crippen molar-refractivity contribution in [1.29, 1.82) is 0 Å². The van der Waals surface area contributed by atoms with Gasteiger partial charge in [0.1, 0.15) is 5.41 Å². The average molecular weight is 422 g/mol. The molecule has 0 fully saturated rings. The molecule has 158 valence electrons. The number of carbonyl (C=O) groups excluding carboxylic acids is 2. The van der Waals surface area contributed by atoms with Crippen LogP contribution in [-0.2, 0) is 22.1 Å². The normalized spacial score (nSPS) is 22.0. The molecule has 2 aliphatic rings. The third-order valence-electron chi connectivity index (χ3n) is 7.27. The quantitative estimate of drug-likeness (QED) is 0.487. The Balaban J connectivity index is 1.79. The monoisotopic (exact) mass is 421 g/mol. The van der Waals surface area contributed by atoms with Crippen molar-refractivity contribution in [3.63, 3.8) is 0 Å². The first-order valence-electron chi connectivity index (χ1n) is 10.8. The van der Waals surface area contributed by atoms with Gasteiger partial charge in [0, 0.05) is 49.6 Å². The lowest BCUT2D eigenvalue weighted by Crippen LogP contribution is -2.47. The largest absolute Gasteiger partial charge is 0.350 e. The highest BCUT2D eigenvalue weighted by molar-refractivity contribution is 6.19. The van der Waals surface area contributed by atoms with Gasteiger partial charge in [-0.2, -0.15) is 0 Å². The van der Waals surface area contributed by atoms with E-state index in [1.54, 1.807) is 16.8 Å². The predicted molar refractivity (Wildman–Crippen MR) is 126 cm³/mol. The first kappa shape index (κ1) is 18.9. The van der Waals surface area contributed by atoms with Crippen molar-refractivity contribution >= 4 is 34.1 Å². The molecular weight excluding hydrogens is 398 g/mol. The van der Waals surface area contributed by atoms with Crippen molar-refractivity contribution in [3.05, 3.63) is 95.7 Å². The summed E-state index contributed by atoms with van der Waals surface area (Å²) in [7, 11) is 5.60. The summed E-state index contributed by atoms with van der Waals surface area (Å²) in [6.07, 6.45) is 2.03. The fourth-order valence-electron chi connectivity index (χ4n) is 5.84. The van der Waals surface area contributed by atoms with Crippen LogP contribution in [0.2, 0.25) is 0 Å². The van der Waals surface area contributed by atoms with Crippen molar-refractivity contribution in [1.82, 2.24) is 4.57 Å². The maximum Gasteiger partial charge on any atom is 0.243 e. The Hall–Kier alpha value is -3.86. The third-order valence-corrected chi connectivity index (χ3v) is 7.27. The number of aryl methyl sites for hydroxylation is 1. The molecule has 0 bridgehead atoms.